The molecule has 1 aliphatic rings. The lowest BCUT2D eigenvalue weighted by Crippen LogP contribution is -2.37. The van der Waals surface area contributed by atoms with Gasteiger partial charge in [-0.05, 0) is 19.3 Å². The zero-order valence-corrected chi connectivity index (χ0v) is 13.4. The van der Waals surface area contributed by atoms with Crippen molar-refractivity contribution >= 4 is 21.9 Å². The number of rotatable bonds is 8. The molecule has 8 heteroatoms. The first kappa shape index (κ1) is 17.9. The molecule has 2 atom stereocenters. The molecular formula is C13H24N2O5S. The standard InChI is InChI=1S/C13H24N2O5S/c1-3-15(21(2,19)20)9-5-8-14-12(16)10-6-4-7-11(10)13(17)18/h10-11H,3-9H2,1-2H3,(H,14,16)(H,17,18). The van der Waals surface area contributed by atoms with E-state index in [1.54, 1.807) is 6.92 Å². The van der Waals surface area contributed by atoms with Gasteiger partial charge in [0.25, 0.3) is 0 Å². The summed E-state index contributed by atoms with van der Waals surface area (Å²) in [5, 5.41) is 11.8. The smallest absolute Gasteiger partial charge is 0.307 e. The number of nitrogens with zero attached hydrogens (tertiary/aromatic N) is 1. The third-order valence-electron chi connectivity index (χ3n) is 3.88. The second kappa shape index (κ2) is 7.74. The largest absolute Gasteiger partial charge is 0.481 e. The Kier molecular flexibility index (Phi) is 6.60. The van der Waals surface area contributed by atoms with Gasteiger partial charge < -0.3 is 10.4 Å². The van der Waals surface area contributed by atoms with Crippen molar-refractivity contribution < 1.29 is 23.1 Å². The second-order valence-corrected chi connectivity index (χ2v) is 7.36. The molecule has 0 bridgehead atoms. The fourth-order valence-corrected chi connectivity index (χ4v) is 3.66. The molecule has 2 unspecified atom stereocenters. The van der Waals surface area contributed by atoms with Crippen LogP contribution in [0, 0.1) is 11.8 Å². The predicted molar refractivity (Wildman–Crippen MR) is 78.2 cm³/mol. The number of aliphatic carboxylic acids is 1. The molecule has 0 aromatic carbocycles. The van der Waals surface area contributed by atoms with Crippen LogP contribution in [0.15, 0.2) is 0 Å². The van der Waals surface area contributed by atoms with Gasteiger partial charge in [0, 0.05) is 19.6 Å². The molecule has 0 spiro atoms. The highest BCUT2D eigenvalue weighted by molar-refractivity contribution is 7.88. The average Bonchev–Trinajstić information content (AvgIpc) is 2.86. The van der Waals surface area contributed by atoms with Gasteiger partial charge in [-0.15, -0.1) is 0 Å². The molecule has 1 aliphatic carbocycles. The molecule has 1 rings (SSSR count). The van der Waals surface area contributed by atoms with Gasteiger partial charge in [-0.3, -0.25) is 9.59 Å². The number of amides is 1. The van der Waals surface area contributed by atoms with E-state index >= 15 is 0 Å². The Morgan fingerprint density at radius 1 is 1.29 bits per heavy atom. The fraction of sp³-hybridized carbons (Fsp3) is 0.846. The molecule has 1 saturated carbocycles. The molecule has 7 nitrogen and oxygen atoms in total. The summed E-state index contributed by atoms with van der Waals surface area (Å²) in [6.07, 6.45) is 3.58. The van der Waals surface area contributed by atoms with Gasteiger partial charge in [0.2, 0.25) is 15.9 Å². The minimum absolute atomic E-state index is 0.234. The summed E-state index contributed by atoms with van der Waals surface area (Å²) in [6, 6.07) is 0. The Balaban J connectivity index is 2.35. The van der Waals surface area contributed by atoms with E-state index in [1.165, 1.54) is 4.31 Å². The Morgan fingerprint density at radius 2 is 1.90 bits per heavy atom. The topological polar surface area (TPSA) is 104 Å². The van der Waals surface area contributed by atoms with E-state index in [4.69, 9.17) is 5.11 Å². The van der Waals surface area contributed by atoms with E-state index in [9.17, 15) is 18.0 Å². The highest BCUT2D eigenvalue weighted by Gasteiger charge is 2.37. The van der Waals surface area contributed by atoms with Crippen molar-refractivity contribution in [3.63, 3.8) is 0 Å². The quantitative estimate of drug-likeness (QED) is 0.625. The lowest BCUT2D eigenvalue weighted by atomic mass is 9.95. The van der Waals surface area contributed by atoms with Crippen molar-refractivity contribution in [2.45, 2.75) is 32.6 Å². The van der Waals surface area contributed by atoms with E-state index in [0.29, 0.717) is 38.9 Å². The Labute approximate surface area is 125 Å². The number of carboxylic acids is 1. The summed E-state index contributed by atoms with van der Waals surface area (Å²) in [5.74, 6) is -2.20. The average molecular weight is 320 g/mol. The molecule has 0 radical (unpaired) electrons. The van der Waals surface area contributed by atoms with Crippen LogP contribution < -0.4 is 5.32 Å². The Bertz CT molecular complexity index is 477. The van der Waals surface area contributed by atoms with Gasteiger partial charge >= 0.3 is 5.97 Å². The summed E-state index contributed by atoms with van der Waals surface area (Å²) in [7, 11) is -3.21. The van der Waals surface area contributed by atoms with E-state index in [2.05, 4.69) is 5.32 Å². The van der Waals surface area contributed by atoms with Gasteiger partial charge in [-0.1, -0.05) is 13.3 Å². The molecule has 2 N–H and O–H groups in total. The van der Waals surface area contributed by atoms with Crippen molar-refractivity contribution in [3.05, 3.63) is 0 Å². The molecular weight excluding hydrogens is 296 g/mol. The number of carbonyl (C=O) groups excluding carboxylic acids is 1. The monoisotopic (exact) mass is 320 g/mol. The SMILES string of the molecule is CCN(CCCNC(=O)C1CCCC1C(=O)O)S(C)(=O)=O. The van der Waals surface area contributed by atoms with E-state index in [0.717, 1.165) is 12.7 Å². The normalized spacial score (nSPS) is 22.4. The fourth-order valence-electron chi connectivity index (χ4n) is 2.73. The third-order valence-corrected chi connectivity index (χ3v) is 5.25. The van der Waals surface area contributed by atoms with Gasteiger partial charge in [0.1, 0.15) is 0 Å². The van der Waals surface area contributed by atoms with Crippen LogP contribution in [0.5, 0.6) is 0 Å². The molecule has 0 aromatic rings. The van der Waals surface area contributed by atoms with Crippen molar-refractivity contribution in [2.24, 2.45) is 11.8 Å². The van der Waals surface area contributed by atoms with Crippen molar-refractivity contribution in [3.8, 4) is 0 Å². The summed E-state index contributed by atoms with van der Waals surface area (Å²) in [6.45, 7) is 2.86. The summed E-state index contributed by atoms with van der Waals surface area (Å²) in [5.41, 5.74) is 0. The lowest BCUT2D eigenvalue weighted by molar-refractivity contribution is -0.146. The van der Waals surface area contributed by atoms with Crippen molar-refractivity contribution in [1.82, 2.24) is 9.62 Å². The summed E-state index contributed by atoms with van der Waals surface area (Å²) in [4.78, 5) is 23.0. The maximum atomic E-state index is 12.0. The van der Waals surface area contributed by atoms with Crippen molar-refractivity contribution in [2.75, 3.05) is 25.9 Å². The number of sulfonamides is 1. The van der Waals surface area contributed by atoms with Crippen molar-refractivity contribution in [1.29, 1.82) is 0 Å². The van der Waals surface area contributed by atoms with Gasteiger partial charge in [0.05, 0.1) is 18.1 Å². The maximum Gasteiger partial charge on any atom is 0.307 e. The zero-order chi connectivity index (χ0) is 16.0. The molecule has 0 aliphatic heterocycles. The van der Waals surface area contributed by atoms with Crippen LogP contribution in [0.4, 0.5) is 0 Å². The third kappa shape index (κ3) is 5.28. The van der Waals surface area contributed by atoms with Crippen LogP contribution >= 0.6 is 0 Å². The Morgan fingerprint density at radius 3 is 2.43 bits per heavy atom. The lowest BCUT2D eigenvalue weighted by Gasteiger charge is -2.19. The van der Waals surface area contributed by atoms with E-state index in [-0.39, 0.29) is 5.91 Å². The zero-order valence-electron chi connectivity index (χ0n) is 12.5. The molecule has 21 heavy (non-hydrogen) atoms. The summed E-state index contributed by atoms with van der Waals surface area (Å²) < 4.78 is 24.1. The van der Waals surface area contributed by atoms with Crippen LogP contribution in [0.25, 0.3) is 0 Å². The van der Waals surface area contributed by atoms with Crippen LogP contribution in [0.1, 0.15) is 32.6 Å². The highest BCUT2D eigenvalue weighted by atomic mass is 32.2. The predicted octanol–water partition coefficient (Wildman–Crippen LogP) is 0.275. The minimum atomic E-state index is -3.21. The number of carboxylic acid groups (broad SMARTS) is 1. The first-order valence-corrected chi connectivity index (χ1v) is 9.07. The number of carbonyl (C=O) groups is 2. The van der Waals surface area contributed by atoms with E-state index < -0.39 is 27.8 Å². The Hall–Kier alpha value is -1.15. The van der Waals surface area contributed by atoms with Crippen LogP contribution in [-0.2, 0) is 19.6 Å². The van der Waals surface area contributed by atoms with E-state index in [1.807, 2.05) is 0 Å². The molecule has 1 amide bonds. The molecule has 0 heterocycles. The highest BCUT2D eigenvalue weighted by Crippen LogP contribution is 2.31. The van der Waals surface area contributed by atoms with Crippen LogP contribution in [0.2, 0.25) is 0 Å². The van der Waals surface area contributed by atoms with Gasteiger partial charge in [-0.2, -0.15) is 0 Å². The molecule has 0 saturated heterocycles. The minimum Gasteiger partial charge on any atom is -0.481 e. The van der Waals surface area contributed by atoms with Crippen LogP contribution in [-0.4, -0.2) is 55.6 Å². The molecule has 1 fully saturated rings. The summed E-state index contributed by atoms with van der Waals surface area (Å²) >= 11 is 0. The number of nitrogens with one attached hydrogen (secondary N) is 1. The van der Waals surface area contributed by atoms with Gasteiger partial charge in [0.15, 0.2) is 0 Å². The van der Waals surface area contributed by atoms with Crippen LogP contribution in [0.3, 0.4) is 0 Å². The second-order valence-electron chi connectivity index (χ2n) is 5.38. The number of hydrogen-bond acceptors (Lipinski definition) is 4. The maximum absolute atomic E-state index is 12.0. The molecule has 0 aromatic heterocycles. The first-order chi connectivity index (χ1) is 9.77. The number of hydrogen-bond donors (Lipinski definition) is 2. The first-order valence-electron chi connectivity index (χ1n) is 7.23. The van der Waals surface area contributed by atoms with Gasteiger partial charge in [-0.25, -0.2) is 12.7 Å². The molecule has 122 valence electrons.